The van der Waals surface area contributed by atoms with Crippen molar-refractivity contribution >= 4 is 8.56 Å². The van der Waals surface area contributed by atoms with Crippen LogP contribution in [-0.2, 0) is 8.85 Å². The molecule has 0 spiro atoms. The molecule has 1 aliphatic carbocycles. The van der Waals surface area contributed by atoms with E-state index in [9.17, 15) is 0 Å². The summed E-state index contributed by atoms with van der Waals surface area (Å²) in [5, 5.41) is 0. The van der Waals surface area contributed by atoms with Gasteiger partial charge in [-0.15, -0.1) is 0 Å². The first-order valence-corrected chi connectivity index (χ1v) is 9.67. The van der Waals surface area contributed by atoms with Crippen LogP contribution >= 0.6 is 0 Å². The molecular weight excluding hydrogens is 228 g/mol. The Balaban J connectivity index is 2.62. The number of unbranched alkanes of at least 4 members (excludes halogenated alkanes) is 2. The van der Waals surface area contributed by atoms with Gasteiger partial charge in [0, 0.05) is 18.8 Å². The van der Waals surface area contributed by atoms with Crippen molar-refractivity contribution in [3.63, 3.8) is 0 Å². The lowest BCUT2D eigenvalue weighted by atomic mass is 10.3. The van der Waals surface area contributed by atoms with Gasteiger partial charge in [-0.3, -0.25) is 0 Å². The molecule has 102 valence electrons. The molecule has 0 aromatic heterocycles. The Bertz CT molecular complexity index is 185. The minimum Gasteiger partial charge on any atom is -0.394 e. The number of rotatable bonds is 9. The summed E-state index contributed by atoms with van der Waals surface area (Å²) in [5.74, 6) is 0. The smallest absolute Gasteiger partial charge is 0.341 e. The molecule has 1 saturated carbocycles. The number of hydrogen-bond acceptors (Lipinski definition) is 2. The first-order chi connectivity index (χ1) is 8.29. The standard InChI is InChI=1S/C14H30O2Si/c1-4-7-10-13-17(15-5-2,16-6-3)14-11-8-9-12-14/h14H,4-13H2,1-3H3. The summed E-state index contributed by atoms with van der Waals surface area (Å²) < 4.78 is 12.4. The summed E-state index contributed by atoms with van der Waals surface area (Å²) in [5.41, 5.74) is 0.763. The Labute approximate surface area is 108 Å². The van der Waals surface area contributed by atoms with Gasteiger partial charge in [-0.05, 0) is 32.7 Å². The van der Waals surface area contributed by atoms with Crippen molar-refractivity contribution in [2.45, 2.75) is 77.3 Å². The van der Waals surface area contributed by atoms with Crippen molar-refractivity contribution < 1.29 is 8.85 Å². The summed E-state index contributed by atoms with van der Waals surface area (Å²) in [6, 6.07) is 1.22. The Morgan fingerprint density at radius 3 is 2.00 bits per heavy atom. The second-order valence-corrected chi connectivity index (χ2v) is 8.63. The zero-order chi connectivity index (χ0) is 12.6. The van der Waals surface area contributed by atoms with Crippen LogP contribution in [0.25, 0.3) is 0 Å². The maximum Gasteiger partial charge on any atom is 0.341 e. The van der Waals surface area contributed by atoms with Crippen molar-refractivity contribution in [3.8, 4) is 0 Å². The molecule has 0 aromatic carbocycles. The fourth-order valence-corrected chi connectivity index (χ4v) is 7.36. The third-order valence-electron chi connectivity index (χ3n) is 3.88. The second-order valence-electron chi connectivity index (χ2n) is 5.12. The van der Waals surface area contributed by atoms with E-state index in [0.717, 1.165) is 18.8 Å². The molecule has 2 nitrogen and oxygen atoms in total. The third-order valence-corrected chi connectivity index (χ3v) is 8.31. The molecule has 0 atom stereocenters. The lowest BCUT2D eigenvalue weighted by molar-refractivity contribution is 0.170. The average Bonchev–Trinajstić information content (AvgIpc) is 2.83. The van der Waals surface area contributed by atoms with Crippen LogP contribution < -0.4 is 0 Å². The lowest BCUT2D eigenvalue weighted by Gasteiger charge is -2.35. The highest BCUT2D eigenvalue weighted by Gasteiger charge is 2.45. The minimum absolute atomic E-state index is 0.763. The van der Waals surface area contributed by atoms with E-state index >= 15 is 0 Å². The molecule has 1 rings (SSSR count). The van der Waals surface area contributed by atoms with Gasteiger partial charge in [0.05, 0.1) is 0 Å². The van der Waals surface area contributed by atoms with E-state index in [1.165, 1.54) is 51.0 Å². The molecule has 0 amide bonds. The predicted molar refractivity (Wildman–Crippen MR) is 75.6 cm³/mol. The highest BCUT2D eigenvalue weighted by atomic mass is 28.4. The van der Waals surface area contributed by atoms with E-state index in [4.69, 9.17) is 8.85 Å². The first kappa shape index (κ1) is 15.2. The highest BCUT2D eigenvalue weighted by molar-refractivity contribution is 6.69. The molecule has 0 saturated heterocycles. The maximum atomic E-state index is 6.22. The van der Waals surface area contributed by atoms with E-state index in [-0.39, 0.29) is 0 Å². The van der Waals surface area contributed by atoms with Gasteiger partial charge < -0.3 is 8.85 Å². The Kier molecular flexibility index (Phi) is 7.40. The van der Waals surface area contributed by atoms with E-state index in [1.54, 1.807) is 0 Å². The van der Waals surface area contributed by atoms with Gasteiger partial charge in [-0.25, -0.2) is 0 Å². The largest absolute Gasteiger partial charge is 0.394 e. The Morgan fingerprint density at radius 2 is 1.53 bits per heavy atom. The molecule has 0 unspecified atom stereocenters. The first-order valence-electron chi connectivity index (χ1n) is 7.57. The van der Waals surface area contributed by atoms with Crippen LogP contribution in [-0.4, -0.2) is 21.8 Å². The monoisotopic (exact) mass is 258 g/mol. The SMILES string of the molecule is CCCCC[Si](OCC)(OCC)C1CCCC1. The van der Waals surface area contributed by atoms with Crippen LogP contribution in [0.15, 0.2) is 0 Å². The van der Waals surface area contributed by atoms with Crippen LogP contribution in [0.2, 0.25) is 11.6 Å². The van der Waals surface area contributed by atoms with Gasteiger partial charge in [-0.1, -0.05) is 39.0 Å². The highest BCUT2D eigenvalue weighted by Crippen LogP contribution is 2.42. The molecule has 0 bridgehead atoms. The fraction of sp³-hybridized carbons (Fsp3) is 1.00. The number of hydrogen-bond donors (Lipinski definition) is 0. The summed E-state index contributed by atoms with van der Waals surface area (Å²) in [7, 11) is -1.90. The Morgan fingerprint density at radius 1 is 0.941 bits per heavy atom. The zero-order valence-corrected chi connectivity index (χ0v) is 13.0. The van der Waals surface area contributed by atoms with Crippen molar-refractivity contribution in [1.82, 2.24) is 0 Å². The second kappa shape index (κ2) is 8.28. The molecule has 0 aromatic rings. The van der Waals surface area contributed by atoms with E-state index in [2.05, 4.69) is 20.8 Å². The van der Waals surface area contributed by atoms with Crippen LogP contribution in [0.3, 0.4) is 0 Å². The molecule has 0 N–H and O–H groups in total. The van der Waals surface area contributed by atoms with E-state index in [1.807, 2.05) is 0 Å². The Hall–Kier alpha value is 0.137. The van der Waals surface area contributed by atoms with Crippen molar-refractivity contribution in [2.75, 3.05) is 13.2 Å². The predicted octanol–water partition coefficient (Wildman–Crippen LogP) is 4.64. The van der Waals surface area contributed by atoms with Crippen molar-refractivity contribution in [2.24, 2.45) is 0 Å². The molecule has 0 aliphatic heterocycles. The van der Waals surface area contributed by atoms with Gasteiger partial charge in [0.1, 0.15) is 0 Å². The molecule has 0 radical (unpaired) electrons. The van der Waals surface area contributed by atoms with E-state index in [0.29, 0.717) is 0 Å². The molecule has 1 aliphatic rings. The summed E-state index contributed by atoms with van der Waals surface area (Å²) in [6.07, 6.45) is 9.35. The van der Waals surface area contributed by atoms with Crippen LogP contribution in [0.4, 0.5) is 0 Å². The van der Waals surface area contributed by atoms with Crippen LogP contribution in [0, 0.1) is 0 Å². The van der Waals surface area contributed by atoms with E-state index < -0.39 is 8.56 Å². The molecule has 3 heteroatoms. The average molecular weight is 258 g/mol. The third kappa shape index (κ3) is 4.38. The van der Waals surface area contributed by atoms with Gasteiger partial charge in [0.2, 0.25) is 0 Å². The molecule has 0 heterocycles. The van der Waals surface area contributed by atoms with Gasteiger partial charge in [0.15, 0.2) is 0 Å². The van der Waals surface area contributed by atoms with Crippen LogP contribution in [0.5, 0.6) is 0 Å². The quantitative estimate of drug-likeness (QED) is 0.443. The van der Waals surface area contributed by atoms with Gasteiger partial charge >= 0.3 is 8.56 Å². The topological polar surface area (TPSA) is 18.5 Å². The normalized spacial score (nSPS) is 17.8. The minimum atomic E-state index is -1.90. The molecule has 17 heavy (non-hydrogen) atoms. The zero-order valence-electron chi connectivity index (χ0n) is 12.0. The van der Waals surface area contributed by atoms with Crippen molar-refractivity contribution in [1.29, 1.82) is 0 Å². The van der Waals surface area contributed by atoms with Crippen molar-refractivity contribution in [3.05, 3.63) is 0 Å². The molecular formula is C14H30O2Si. The summed E-state index contributed by atoms with van der Waals surface area (Å²) in [4.78, 5) is 0. The maximum absolute atomic E-state index is 6.22. The van der Waals surface area contributed by atoms with Gasteiger partial charge in [0.25, 0.3) is 0 Å². The molecule has 1 fully saturated rings. The lowest BCUT2D eigenvalue weighted by Crippen LogP contribution is -2.46. The fourth-order valence-electron chi connectivity index (χ4n) is 3.10. The summed E-state index contributed by atoms with van der Waals surface area (Å²) in [6.45, 7) is 8.16. The van der Waals surface area contributed by atoms with Crippen LogP contribution in [0.1, 0.15) is 65.7 Å². The summed E-state index contributed by atoms with van der Waals surface area (Å²) >= 11 is 0. The van der Waals surface area contributed by atoms with Gasteiger partial charge in [-0.2, -0.15) is 0 Å².